The van der Waals surface area contributed by atoms with E-state index >= 15 is 0 Å². The van der Waals surface area contributed by atoms with Crippen molar-refractivity contribution in [1.29, 1.82) is 0 Å². The van der Waals surface area contributed by atoms with E-state index in [4.69, 9.17) is 0 Å². The SMILES string of the molecule is CC1(CO)CCN(c2cc(Nc3ccnc(-c4cnn(S(=O)(=O)C5CC5)c4)n3)ncc2C#Cc2cn(CC(F)F)c3ccncc23)CC1. The fourth-order valence-electron chi connectivity index (χ4n) is 5.77. The van der Waals surface area contributed by atoms with E-state index in [0.717, 1.165) is 22.6 Å². The van der Waals surface area contributed by atoms with Crippen LogP contribution in [0.15, 0.2) is 61.6 Å². The molecule has 12 nitrogen and oxygen atoms in total. The van der Waals surface area contributed by atoms with Crippen LogP contribution in [-0.4, -0.2) is 78.6 Å². The molecule has 7 rings (SSSR count). The van der Waals surface area contributed by atoms with Crippen LogP contribution in [0.5, 0.6) is 0 Å². The Hall–Kier alpha value is -4.94. The second kappa shape index (κ2) is 12.6. The third-order valence-corrected chi connectivity index (χ3v) is 10.9. The molecule has 2 N–H and O–H groups in total. The first kappa shape index (κ1) is 31.6. The minimum Gasteiger partial charge on any atom is -0.396 e. The van der Waals surface area contributed by atoms with Crippen LogP contribution in [0.4, 0.5) is 26.1 Å². The zero-order valence-corrected chi connectivity index (χ0v) is 26.9. The van der Waals surface area contributed by atoms with Crippen molar-refractivity contribution in [2.24, 2.45) is 5.41 Å². The van der Waals surface area contributed by atoms with Crippen molar-refractivity contribution in [2.45, 2.75) is 50.8 Å². The van der Waals surface area contributed by atoms with Crippen molar-refractivity contribution in [3.8, 4) is 23.2 Å². The van der Waals surface area contributed by atoms with E-state index < -0.39 is 28.2 Å². The summed E-state index contributed by atoms with van der Waals surface area (Å²) in [6, 6.07) is 5.26. The van der Waals surface area contributed by atoms with Gasteiger partial charge < -0.3 is 19.9 Å². The Morgan fingerprint density at radius 1 is 1.04 bits per heavy atom. The van der Waals surface area contributed by atoms with Gasteiger partial charge in [0, 0.05) is 62.1 Å². The predicted molar refractivity (Wildman–Crippen MR) is 176 cm³/mol. The number of hydrogen-bond acceptors (Lipinski definition) is 10. The van der Waals surface area contributed by atoms with Gasteiger partial charge in [0.05, 0.1) is 52.1 Å². The second-order valence-corrected chi connectivity index (χ2v) is 14.6. The van der Waals surface area contributed by atoms with Gasteiger partial charge >= 0.3 is 0 Å². The molecule has 2 aliphatic rings. The van der Waals surface area contributed by atoms with E-state index in [9.17, 15) is 22.3 Å². The molecule has 0 amide bonds. The van der Waals surface area contributed by atoms with Crippen LogP contribution >= 0.6 is 0 Å². The molecule has 0 unspecified atom stereocenters. The van der Waals surface area contributed by atoms with E-state index in [0.29, 0.717) is 71.0 Å². The highest BCUT2D eigenvalue weighted by atomic mass is 32.2. The van der Waals surface area contributed by atoms with Crippen LogP contribution in [-0.2, 0) is 16.6 Å². The van der Waals surface area contributed by atoms with Gasteiger partial charge in [0.15, 0.2) is 5.82 Å². The van der Waals surface area contributed by atoms with Crippen LogP contribution < -0.4 is 10.2 Å². The Morgan fingerprint density at radius 2 is 1.83 bits per heavy atom. The third-order valence-electron chi connectivity index (χ3n) is 8.86. The van der Waals surface area contributed by atoms with Gasteiger partial charge in [0.1, 0.15) is 11.6 Å². The van der Waals surface area contributed by atoms with E-state index in [1.54, 1.807) is 43.1 Å². The highest BCUT2D eigenvalue weighted by molar-refractivity contribution is 7.90. The first-order chi connectivity index (χ1) is 23.1. The lowest BCUT2D eigenvalue weighted by Gasteiger charge is -2.39. The molecule has 1 saturated carbocycles. The first-order valence-electron chi connectivity index (χ1n) is 15.6. The van der Waals surface area contributed by atoms with Gasteiger partial charge in [-0.25, -0.2) is 32.2 Å². The molecule has 0 aromatic carbocycles. The number of nitrogens with zero attached hydrogens (tertiary/aromatic N) is 8. The quantitative estimate of drug-likeness (QED) is 0.216. The maximum Gasteiger partial charge on any atom is 0.256 e. The van der Waals surface area contributed by atoms with Gasteiger partial charge in [-0.3, -0.25) is 4.98 Å². The molecule has 2 fully saturated rings. The second-order valence-electron chi connectivity index (χ2n) is 12.5. The molecule has 0 bridgehead atoms. The van der Waals surface area contributed by atoms with Crippen molar-refractivity contribution < 1.29 is 22.3 Å². The third kappa shape index (κ3) is 6.45. The molecule has 6 heterocycles. The summed E-state index contributed by atoms with van der Waals surface area (Å²) in [5.41, 5.74) is 2.99. The molecular weight excluding hydrogens is 640 g/mol. The normalized spacial score (nSPS) is 16.2. The zero-order chi connectivity index (χ0) is 33.5. The number of aliphatic hydroxyl groups excluding tert-OH is 1. The minimum atomic E-state index is -3.52. The summed E-state index contributed by atoms with van der Waals surface area (Å²) in [6.45, 7) is 3.12. The Labute approximate surface area is 275 Å². The van der Waals surface area contributed by atoms with E-state index in [-0.39, 0.29) is 12.0 Å². The summed E-state index contributed by atoms with van der Waals surface area (Å²) < 4.78 is 54.2. The van der Waals surface area contributed by atoms with E-state index in [1.807, 2.05) is 6.07 Å². The Balaban J connectivity index is 1.19. The molecule has 0 radical (unpaired) electrons. The van der Waals surface area contributed by atoms with Crippen LogP contribution in [0.25, 0.3) is 22.3 Å². The molecule has 5 aromatic rings. The lowest BCUT2D eigenvalue weighted by molar-refractivity contribution is 0.115. The number of aromatic nitrogens is 7. The lowest BCUT2D eigenvalue weighted by Crippen LogP contribution is -2.40. The standard InChI is InChI=1S/C33H33F2N9O3S/c1-33(21-45)8-12-42(13-9-33)28-14-31(38-15-22(28)2-3-23-18-43(20-29(34)35)27-6-10-36-17-26(23)27)40-30-7-11-37-32(41-30)24-16-39-44(19-24)48(46,47)25-4-5-25/h6-7,10-11,14-19,25,29,45H,4-5,8-9,12-13,20-21H2,1H3,(H,37,38,40,41). The van der Waals surface area contributed by atoms with Crippen molar-refractivity contribution >= 4 is 38.2 Å². The van der Waals surface area contributed by atoms with Crippen molar-refractivity contribution in [3.05, 3.63) is 72.7 Å². The van der Waals surface area contributed by atoms with Gasteiger partial charge in [-0.05, 0) is 43.2 Å². The topological polar surface area (TPSA) is 144 Å². The number of rotatable bonds is 9. The molecule has 0 atom stereocenters. The van der Waals surface area contributed by atoms with Gasteiger partial charge in [0.25, 0.3) is 16.4 Å². The Kier molecular flexibility index (Phi) is 8.30. The zero-order valence-electron chi connectivity index (χ0n) is 26.1. The molecule has 1 aliphatic carbocycles. The highest BCUT2D eigenvalue weighted by Gasteiger charge is 2.37. The molecule has 0 spiro atoms. The van der Waals surface area contributed by atoms with Gasteiger partial charge in [-0.15, -0.1) is 0 Å². The lowest BCUT2D eigenvalue weighted by atomic mass is 9.81. The highest BCUT2D eigenvalue weighted by Crippen LogP contribution is 2.35. The average molecular weight is 674 g/mol. The van der Waals surface area contributed by atoms with Crippen LogP contribution in [0.3, 0.4) is 0 Å². The summed E-state index contributed by atoms with van der Waals surface area (Å²) in [5, 5.41) is 17.5. The van der Waals surface area contributed by atoms with Crippen molar-refractivity contribution in [2.75, 3.05) is 29.9 Å². The fraction of sp³-hybridized carbons (Fsp3) is 0.364. The minimum absolute atomic E-state index is 0.106. The Bertz CT molecular complexity index is 2140. The summed E-state index contributed by atoms with van der Waals surface area (Å²) in [6.07, 6.45) is 11.2. The van der Waals surface area contributed by atoms with Gasteiger partial charge in [-0.2, -0.15) is 9.19 Å². The number of alkyl halides is 2. The molecule has 15 heteroatoms. The van der Waals surface area contributed by atoms with Crippen LogP contribution in [0.2, 0.25) is 0 Å². The van der Waals surface area contributed by atoms with Crippen LogP contribution in [0, 0.1) is 17.3 Å². The summed E-state index contributed by atoms with van der Waals surface area (Å²) >= 11 is 0. The predicted octanol–water partition coefficient (Wildman–Crippen LogP) is 4.43. The van der Waals surface area contributed by atoms with Crippen molar-refractivity contribution in [1.82, 2.24) is 33.7 Å². The molecule has 48 heavy (non-hydrogen) atoms. The largest absolute Gasteiger partial charge is 0.396 e. The van der Waals surface area contributed by atoms with Gasteiger partial charge in [-0.1, -0.05) is 18.8 Å². The van der Waals surface area contributed by atoms with Gasteiger partial charge in [0.2, 0.25) is 0 Å². The molecular formula is C33H33F2N9O3S. The number of halogens is 2. The molecule has 1 aliphatic heterocycles. The number of anilines is 3. The Morgan fingerprint density at radius 3 is 2.58 bits per heavy atom. The number of aliphatic hydroxyl groups is 1. The number of hydrogen-bond donors (Lipinski definition) is 2. The monoisotopic (exact) mass is 673 g/mol. The average Bonchev–Trinajstić information content (AvgIpc) is 3.74. The maximum absolute atomic E-state index is 13.3. The number of fused-ring (bicyclic) bond motifs is 1. The molecule has 1 saturated heterocycles. The smallest absolute Gasteiger partial charge is 0.256 e. The summed E-state index contributed by atoms with van der Waals surface area (Å²) in [7, 11) is -3.52. The fourth-order valence-corrected chi connectivity index (χ4v) is 7.24. The van der Waals surface area contributed by atoms with E-state index in [1.165, 1.54) is 17.0 Å². The van der Waals surface area contributed by atoms with Crippen molar-refractivity contribution in [3.63, 3.8) is 0 Å². The molecule has 5 aromatic heterocycles. The summed E-state index contributed by atoms with van der Waals surface area (Å²) in [4.78, 5) is 19.9. The number of pyridine rings is 2. The first-order valence-corrected chi connectivity index (χ1v) is 17.1. The molecule has 248 valence electrons. The van der Waals surface area contributed by atoms with Crippen LogP contribution in [0.1, 0.15) is 43.7 Å². The number of nitrogens with one attached hydrogen (secondary N) is 1. The maximum atomic E-state index is 13.3. The summed E-state index contributed by atoms with van der Waals surface area (Å²) in [5.74, 6) is 7.64. The van der Waals surface area contributed by atoms with E-state index in [2.05, 4.69) is 54.0 Å². The number of piperidine rings is 1.